The molecule has 0 aliphatic heterocycles. The van der Waals surface area contributed by atoms with Gasteiger partial charge in [-0.15, -0.1) is 0 Å². The van der Waals surface area contributed by atoms with Gasteiger partial charge in [0.2, 0.25) is 5.95 Å². The smallest absolute Gasteiger partial charge is 0.222 e. The third-order valence-corrected chi connectivity index (χ3v) is 1.86. The average Bonchev–Trinajstić information content (AvgIpc) is 2.13. The molecule has 0 aliphatic rings. The minimum Gasteiger partial charge on any atom is -0.368 e. The Bertz CT molecular complexity index is 314. The topological polar surface area (TPSA) is 63.8 Å². The van der Waals surface area contributed by atoms with E-state index < -0.39 is 5.82 Å². The van der Waals surface area contributed by atoms with Crippen molar-refractivity contribution >= 4 is 11.8 Å². The Morgan fingerprint density at radius 1 is 1.43 bits per heavy atom. The van der Waals surface area contributed by atoms with Crippen molar-refractivity contribution in [3.63, 3.8) is 0 Å². The van der Waals surface area contributed by atoms with E-state index in [1.54, 1.807) is 6.92 Å². The Hall–Kier alpha value is -1.39. The van der Waals surface area contributed by atoms with E-state index in [2.05, 4.69) is 22.2 Å². The maximum atomic E-state index is 13.4. The Morgan fingerprint density at radius 3 is 2.79 bits per heavy atom. The van der Waals surface area contributed by atoms with Crippen LogP contribution in [0.25, 0.3) is 0 Å². The fraction of sp³-hybridized carbons (Fsp3) is 0.556. The zero-order chi connectivity index (χ0) is 10.6. The van der Waals surface area contributed by atoms with Crippen LogP contribution in [0.1, 0.15) is 25.5 Å². The van der Waals surface area contributed by atoms with Crippen molar-refractivity contribution in [1.82, 2.24) is 9.97 Å². The summed E-state index contributed by atoms with van der Waals surface area (Å²) in [4.78, 5) is 7.50. The molecule has 3 N–H and O–H groups in total. The summed E-state index contributed by atoms with van der Waals surface area (Å²) in [6.07, 6.45) is 2.02. The number of halogens is 1. The summed E-state index contributed by atoms with van der Waals surface area (Å²) in [5, 5.41) is 2.89. The molecule has 0 unspecified atom stereocenters. The molecule has 0 spiro atoms. The molecule has 0 saturated carbocycles. The molecule has 5 heteroatoms. The Labute approximate surface area is 82.8 Å². The second kappa shape index (κ2) is 4.74. The number of rotatable bonds is 4. The first-order valence-electron chi connectivity index (χ1n) is 4.68. The monoisotopic (exact) mass is 198 g/mol. The molecule has 4 nitrogen and oxygen atoms in total. The molecule has 1 heterocycles. The van der Waals surface area contributed by atoms with E-state index in [0.717, 1.165) is 12.8 Å². The highest BCUT2D eigenvalue weighted by atomic mass is 19.1. The number of hydrogen-bond donors (Lipinski definition) is 2. The summed E-state index contributed by atoms with van der Waals surface area (Å²) >= 11 is 0. The lowest BCUT2D eigenvalue weighted by Crippen LogP contribution is -2.09. The van der Waals surface area contributed by atoms with Crippen LogP contribution < -0.4 is 11.1 Å². The van der Waals surface area contributed by atoms with Gasteiger partial charge in [0.1, 0.15) is 0 Å². The van der Waals surface area contributed by atoms with Crippen molar-refractivity contribution in [3.05, 3.63) is 11.5 Å². The molecule has 1 aromatic rings. The largest absolute Gasteiger partial charge is 0.368 e. The summed E-state index contributed by atoms with van der Waals surface area (Å²) in [6, 6.07) is 0. The second-order valence-electron chi connectivity index (χ2n) is 3.11. The minimum absolute atomic E-state index is 0.0999. The van der Waals surface area contributed by atoms with Crippen LogP contribution in [0.5, 0.6) is 0 Å². The molecule has 0 radical (unpaired) electrons. The summed E-state index contributed by atoms with van der Waals surface area (Å²) in [5.41, 5.74) is 5.68. The summed E-state index contributed by atoms with van der Waals surface area (Å²) in [5.74, 6) is -0.123. The predicted molar refractivity (Wildman–Crippen MR) is 54.5 cm³/mol. The molecule has 0 saturated heterocycles. The van der Waals surface area contributed by atoms with Crippen molar-refractivity contribution < 1.29 is 4.39 Å². The highest BCUT2D eigenvalue weighted by Crippen LogP contribution is 2.14. The van der Waals surface area contributed by atoms with E-state index in [4.69, 9.17) is 5.73 Å². The normalized spacial score (nSPS) is 10.2. The molecule has 0 fully saturated rings. The molecule has 78 valence electrons. The van der Waals surface area contributed by atoms with Crippen molar-refractivity contribution in [2.45, 2.75) is 26.7 Å². The number of unbranched alkanes of at least 4 members (excludes halogenated alkanes) is 1. The van der Waals surface area contributed by atoms with Gasteiger partial charge < -0.3 is 11.1 Å². The van der Waals surface area contributed by atoms with Gasteiger partial charge in [-0.25, -0.2) is 9.37 Å². The van der Waals surface area contributed by atoms with Crippen molar-refractivity contribution in [3.8, 4) is 0 Å². The van der Waals surface area contributed by atoms with E-state index in [-0.39, 0.29) is 17.5 Å². The van der Waals surface area contributed by atoms with E-state index in [1.807, 2.05) is 0 Å². The first-order valence-corrected chi connectivity index (χ1v) is 4.68. The maximum Gasteiger partial charge on any atom is 0.222 e. The quantitative estimate of drug-likeness (QED) is 0.723. The molecule has 0 bridgehead atoms. The Balaban J connectivity index is 2.75. The SMILES string of the molecule is CCCCNc1nc(N)nc(C)c1F. The zero-order valence-corrected chi connectivity index (χ0v) is 8.47. The van der Waals surface area contributed by atoms with E-state index in [0.29, 0.717) is 6.54 Å². The van der Waals surface area contributed by atoms with Crippen molar-refractivity contribution in [2.75, 3.05) is 17.6 Å². The first-order chi connectivity index (χ1) is 6.65. The summed E-state index contributed by atoms with van der Waals surface area (Å²) in [7, 11) is 0. The molecule has 1 rings (SSSR count). The number of anilines is 2. The molecule has 0 atom stereocenters. The second-order valence-corrected chi connectivity index (χ2v) is 3.11. The lowest BCUT2D eigenvalue weighted by molar-refractivity contribution is 0.605. The van der Waals surface area contributed by atoms with Crippen LogP contribution >= 0.6 is 0 Å². The number of aromatic nitrogens is 2. The molecule has 1 aromatic heterocycles. The van der Waals surface area contributed by atoms with Crippen molar-refractivity contribution in [1.29, 1.82) is 0 Å². The molecular formula is C9H15FN4. The van der Waals surface area contributed by atoms with Crippen molar-refractivity contribution in [2.24, 2.45) is 0 Å². The van der Waals surface area contributed by atoms with Crippen LogP contribution in [0.15, 0.2) is 0 Å². The van der Waals surface area contributed by atoms with Gasteiger partial charge in [-0.3, -0.25) is 0 Å². The highest BCUT2D eigenvalue weighted by molar-refractivity contribution is 5.41. The number of nitrogens with zero attached hydrogens (tertiary/aromatic N) is 2. The number of aryl methyl sites for hydroxylation is 1. The van der Waals surface area contributed by atoms with Gasteiger partial charge in [-0.2, -0.15) is 4.98 Å². The van der Waals surface area contributed by atoms with Crippen LogP contribution in [0.3, 0.4) is 0 Å². The fourth-order valence-corrected chi connectivity index (χ4v) is 1.08. The van der Waals surface area contributed by atoms with Crippen LogP contribution in [-0.4, -0.2) is 16.5 Å². The Morgan fingerprint density at radius 2 is 2.14 bits per heavy atom. The number of nitrogens with one attached hydrogen (secondary N) is 1. The fourth-order valence-electron chi connectivity index (χ4n) is 1.08. The molecule has 0 aliphatic carbocycles. The van der Waals surface area contributed by atoms with Crippen LogP contribution in [0.2, 0.25) is 0 Å². The van der Waals surface area contributed by atoms with Crippen LogP contribution in [-0.2, 0) is 0 Å². The van der Waals surface area contributed by atoms with Gasteiger partial charge in [0.05, 0.1) is 5.69 Å². The maximum absolute atomic E-state index is 13.4. The van der Waals surface area contributed by atoms with Crippen LogP contribution in [0, 0.1) is 12.7 Å². The summed E-state index contributed by atoms with van der Waals surface area (Å²) in [6.45, 7) is 4.33. The number of nitrogens with two attached hydrogens (primary N) is 1. The van der Waals surface area contributed by atoms with Gasteiger partial charge in [0.25, 0.3) is 0 Å². The van der Waals surface area contributed by atoms with E-state index >= 15 is 0 Å². The van der Waals surface area contributed by atoms with Crippen LogP contribution in [0.4, 0.5) is 16.2 Å². The van der Waals surface area contributed by atoms with Gasteiger partial charge in [0, 0.05) is 6.54 Å². The molecule has 0 amide bonds. The number of nitrogen functional groups attached to an aromatic ring is 1. The lowest BCUT2D eigenvalue weighted by atomic mass is 10.3. The molecule has 0 aromatic carbocycles. The Kier molecular flexibility index (Phi) is 3.62. The third kappa shape index (κ3) is 2.55. The van der Waals surface area contributed by atoms with E-state index in [9.17, 15) is 4.39 Å². The average molecular weight is 198 g/mol. The van der Waals surface area contributed by atoms with Gasteiger partial charge >= 0.3 is 0 Å². The summed E-state index contributed by atoms with van der Waals surface area (Å²) < 4.78 is 13.4. The first kappa shape index (κ1) is 10.7. The lowest BCUT2D eigenvalue weighted by Gasteiger charge is -2.07. The predicted octanol–water partition coefficient (Wildman–Crippen LogP) is 1.72. The zero-order valence-electron chi connectivity index (χ0n) is 8.47. The van der Waals surface area contributed by atoms with Gasteiger partial charge in [-0.05, 0) is 13.3 Å². The minimum atomic E-state index is -0.421. The van der Waals surface area contributed by atoms with Gasteiger partial charge in [0.15, 0.2) is 11.6 Å². The van der Waals surface area contributed by atoms with E-state index in [1.165, 1.54) is 0 Å². The standard InChI is InChI=1S/C9H15FN4/c1-3-4-5-12-8-7(10)6(2)13-9(11)14-8/h3-5H2,1-2H3,(H3,11,12,13,14). The number of hydrogen-bond acceptors (Lipinski definition) is 4. The third-order valence-electron chi connectivity index (χ3n) is 1.86. The van der Waals surface area contributed by atoms with Gasteiger partial charge in [-0.1, -0.05) is 13.3 Å². The molecule has 14 heavy (non-hydrogen) atoms. The highest BCUT2D eigenvalue weighted by Gasteiger charge is 2.08. The molecular weight excluding hydrogens is 183 g/mol.